The summed E-state index contributed by atoms with van der Waals surface area (Å²) in [7, 11) is 0. The molecule has 0 spiro atoms. The first-order valence-electron chi connectivity index (χ1n) is 17.4. The van der Waals surface area contributed by atoms with Gasteiger partial charge in [-0.05, 0) is 71.8 Å². The Morgan fingerprint density at radius 1 is 0.405 bits per heavy atom. The molecule has 2 heteroatoms. The van der Waals surface area contributed by atoms with E-state index in [9.17, 15) is 9.59 Å². The first-order chi connectivity index (χ1) is 20.6. The molecule has 0 saturated carbocycles. The minimum atomic E-state index is 0.00769. The standard InChI is InChI=1S/C40H54O2/c1-3-5-7-9-11-13-15-17-19-23-31-27-35-36(28-32(31)24-20-18-16-14-12-10-8-6-4-2)40(42)38-30-34-26-22-21-25-33(34)29-37(38)39(35)41/h21-22,25-30H,3-20,23-24H2,1-2H3. The summed E-state index contributed by atoms with van der Waals surface area (Å²) in [5.41, 5.74) is 4.94. The average molecular weight is 567 g/mol. The Bertz CT molecular complexity index is 1200. The molecule has 1 aliphatic carbocycles. The third-order valence-corrected chi connectivity index (χ3v) is 9.30. The number of unbranched alkanes of at least 4 members (excludes halogenated alkanes) is 16. The Balaban J connectivity index is 1.43. The summed E-state index contributed by atoms with van der Waals surface area (Å²) in [6, 6.07) is 16.1. The van der Waals surface area contributed by atoms with E-state index in [2.05, 4.69) is 26.0 Å². The Hall–Kier alpha value is -2.74. The average Bonchev–Trinajstić information content (AvgIpc) is 3.01. The van der Waals surface area contributed by atoms with Crippen molar-refractivity contribution in [1.82, 2.24) is 0 Å². The van der Waals surface area contributed by atoms with E-state index in [1.54, 1.807) is 0 Å². The Labute approximate surface area is 255 Å². The first-order valence-corrected chi connectivity index (χ1v) is 17.4. The highest BCUT2D eigenvalue weighted by atomic mass is 16.1. The van der Waals surface area contributed by atoms with Crippen molar-refractivity contribution >= 4 is 22.3 Å². The van der Waals surface area contributed by atoms with Gasteiger partial charge in [0.25, 0.3) is 0 Å². The van der Waals surface area contributed by atoms with Crippen molar-refractivity contribution in [2.75, 3.05) is 0 Å². The van der Waals surface area contributed by atoms with Gasteiger partial charge in [-0.3, -0.25) is 9.59 Å². The fourth-order valence-electron chi connectivity index (χ4n) is 6.69. The van der Waals surface area contributed by atoms with Crippen LogP contribution in [0.1, 0.15) is 172 Å². The molecule has 3 aromatic rings. The predicted molar refractivity (Wildman–Crippen MR) is 179 cm³/mol. The van der Waals surface area contributed by atoms with Gasteiger partial charge in [0.1, 0.15) is 0 Å². The van der Waals surface area contributed by atoms with E-state index in [1.807, 2.05) is 36.4 Å². The lowest BCUT2D eigenvalue weighted by molar-refractivity contribution is 0.0979. The number of carbonyl (C=O) groups excluding carboxylic acids is 2. The molecule has 0 atom stereocenters. The van der Waals surface area contributed by atoms with Gasteiger partial charge in [0.15, 0.2) is 11.6 Å². The molecule has 2 nitrogen and oxygen atoms in total. The maximum absolute atomic E-state index is 13.8. The van der Waals surface area contributed by atoms with Gasteiger partial charge in [-0.15, -0.1) is 0 Å². The highest BCUT2D eigenvalue weighted by Crippen LogP contribution is 2.33. The van der Waals surface area contributed by atoms with Crippen LogP contribution in [0.15, 0.2) is 48.5 Å². The van der Waals surface area contributed by atoms with Gasteiger partial charge in [0.05, 0.1) is 0 Å². The monoisotopic (exact) mass is 566 g/mol. The van der Waals surface area contributed by atoms with Crippen molar-refractivity contribution in [3.8, 4) is 0 Å². The minimum Gasteiger partial charge on any atom is -0.289 e. The zero-order valence-electron chi connectivity index (χ0n) is 26.6. The van der Waals surface area contributed by atoms with Crippen LogP contribution in [-0.4, -0.2) is 11.6 Å². The number of hydrogen-bond acceptors (Lipinski definition) is 2. The quantitative estimate of drug-likeness (QED) is 0.0997. The van der Waals surface area contributed by atoms with Crippen LogP contribution in [0.25, 0.3) is 10.8 Å². The first kappa shape index (κ1) is 32.2. The fraction of sp³-hybridized carbons (Fsp3) is 0.550. The van der Waals surface area contributed by atoms with Gasteiger partial charge >= 0.3 is 0 Å². The van der Waals surface area contributed by atoms with Gasteiger partial charge in [0.2, 0.25) is 0 Å². The van der Waals surface area contributed by atoms with Crippen LogP contribution < -0.4 is 0 Å². The number of hydrogen-bond donors (Lipinski definition) is 0. The van der Waals surface area contributed by atoms with Crippen LogP contribution in [0.2, 0.25) is 0 Å². The minimum absolute atomic E-state index is 0.00769. The van der Waals surface area contributed by atoms with Crippen molar-refractivity contribution in [3.63, 3.8) is 0 Å². The summed E-state index contributed by atoms with van der Waals surface area (Å²) < 4.78 is 0. The summed E-state index contributed by atoms with van der Waals surface area (Å²) in [5, 5.41) is 2.02. The van der Waals surface area contributed by atoms with Crippen molar-refractivity contribution in [2.24, 2.45) is 0 Å². The molecule has 0 unspecified atom stereocenters. The second kappa shape index (κ2) is 17.4. The smallest absolute Gasteiger partial charge is 0.194 e. The molecule has 0 radical (unpaired) electrons. The third-order valence-electron chi connectivity index (χ3n) is 9.30. The number of ketones is 2. The topological polar surface area (TPSA) is 34.1 Å². The molecule has 4 rings (SSSR count). The lowest BCUT2D eigenvalue weighted by Crippen LogP contribution is -2.22. The Morgan fingerprint density at radius 2 is 0.714 bits per heavy atom. The SMILES string of the molecule is CCCCCCCCCCCc1cc2c(cc1CCCCCCCCCCC)C(=O)c1cc3ccccc3cc1C2=O. The highest BCUT2D eigenvalue weighted by Gasteiger charge is 2.31. The molecule has 0 heterocycles. The van der Waals surface area contributed by atoms with E-state index in [0.717, 1.165) is 36.5 Å². The van der Waals surface area contributed by atoms with E-state index < -0.39 is 0 Å². The van der Waals surface area contributed by atoms with Crippen LogP contribution in [0.5, 0.6) is 0 Å². The summed E-state index contributed by atoms with van der Waals surface area (Å²) in [5.74, 6) is 0.0154. The van der Waals surface area contributed by atoms with E-state index in [4.69, 9.17) is 0 Å². The highest BCUT2D eigenvalue weighted by molar-refractivity contribution is 6.29. The lowest BCUT2D eigenvalue weighted by Gasteiger charge is -2.21. The molecule has 0 saturated heterocycles. The second-order valence-corrected chi connectivity index (χ2v) is 12.7. The van der Waals surface area contributed by atoms with E-state index in [-0.39, 0.29) is 11.6 Å². The van der Waals surface area contributed by atoms with Crippen molar-refractivity contribution < 1.29 is 9.59 Å². The summed E-state index contributed by atoms with van der Waals surface area (Å²) in [6.45, 7) is 4.55. The summed E-state index contributed by atoms with van der Waals surface area (Å²) >= 11 is 0. The van der Waals surface area contributed by atoms with Crippen LogP contribution in [0, 0.1) is 0 Å². The molecular formula is C40H54O2. The molecule has 1 aliphatic rings. The van der Waals surface area contributed by atoms with Gasteiger partial charge in [0, 0.05) is 22.3 Å². The largest absolute Gasteiger partial charge is 0.289 e. The normalized spacial score (nSPS) is 12.6. The number of carbonyl (C=O) groups is 2. The summed E-state index contributed by atoms with van der Waals surface area (Å²) in [6.07, 6.45) is 25.6. The number of aryl methyl sites for hydroxylation is 2. The lowest BCUT2D eigenvalue weighted by atomic mass is 9.80. The maximum Gasteiger partial charge on any atom is 0.194 e. The van der Waals surface area contributed by atoms with Gasteiger partial charge < -0.3 is 0 Å². The fourth-order valence-corrected chi connectivity index (χ4v) is 6.69. The molecule has 42 heavy (non-hydrogen) atoms. The molecular weight excluding hydrogens is 512 g/mol. The molecule has 0 N–H and O–H groups in total. The number of rotatable bonds is 20. The Kier molecular flexibility index (Phi) is 13.3. The van der Waals surface area contributed by atoms with Crippen LogP contribution >= 0.6 is 0 Å². The molecule has 3 aromatic carbocycles. The summed E-state index contributed by atoms with van der Waals surface area (Å²) in [4.78, 5) is 27.5. The second-order valence-electron chi connectivity index (χ2n) is 12.7. The van der Waals surface area contributed by atoms with Crippen molar-refractivity contribution in [2.45, 2.75) is 142 Å². The van der Waals surface area contributed by atoms with Gasteiger partial charge in [-0.1, -0.05) is 141 Å². The molecule has 0 aromatic heterocycles. The molecule has 0 aliphatic heterocycles. The van der Waals surface area contributed by atoms with Crippen LogP contribution in [0.4, 0.5) is 0 Å². The van der Waals surface area contributed by atoms with Crippen molar-refractivity contribution in [3.05, 3.63) is 81.9 Å². The van der Waals surface area contributed by atoms with Gasteiger partial charge in [-0.2, -0.15) is 0 Å². The van der Waals surface area contributed by atoms with E-state index in [1.165, 1.54) is 114 Å². The van der Waals surface area contributed by atoms with Gasteiger partial charge in [-0.25, -0.2) is 0 Å². The zero-order valence-corrected chi connectivity index (χ0v) is 26.6. The molecule has 0 amide bonds. The van der Waals surface area contributed by atoms with Crippen LogP contribution in [0.3, 0.4) is 0 Å². The molecule has 0 fully saturated rings. The maximum atomic E-state index is 13.8. The third kappa shape index (κ3) is 8.88. The molecule has 0 bridgehead atoms. The molecule has 226 valence electrons. The van der Waals surface area contributed by atoms with Crippen molar-refractivity contribution in [1.29, 1.82) is 0 Å². The number of fused-ring (bicyclic) bond motifs is 3. The Morgan fingerprint density at radius 3 is 1.07 bits per heavy atom. The van der Waals surface area contributed by atoms with E-state index in [0.29, 0.717) is 22.3 Å². The zero-order chi connectivity index (χ0) is 29.6. The predicted octanol–water partition coefficient (Wildman–Crippen LogP) is 11.8. The van der Waals surface area contributed by atoms with Crippen LogP contribution in [-0.2, 0) is 12.8 Å². The number of benzene rings is 3. The van der Waals surface area contributed by atoms with E-state index >= 15 is 0 Å².